The van der Waals surface area contributed by atoms with Crippen molar-refractivity contribution in [1.82, 2.24) is 10.6 Å². The van der Waals surface area contributed by atoms with Crippen molar-refractivity contribution < 1.29 is 14.3 Å². The van der Waals surface area contributed by atoms with E-state index in [9.17, 15) is 9.59 Å². The number of amides is 3. The van der Waals surface area contributed by atoms with Crippen molar-refractivity contribution in [2.45, 2.75) is 20.0 Å². The molecule has 2 rings (SSSR count). The molecule has 0 saturated carbocycles. The van der Waals surface area contributed by atoms with E-state index in [1.54, 1.807) is 19.9 Å². The van der Waals surface area contributed by atoms with Crippen molar-refractivity contribution >= 4 is 38.6 Å². The van der Waals surface area contributed by atoms with Gasteiger partial charge in [0.2, 0.25) is 0 Å². The second kappa shape index (κ2) is 7.26. The van der Waals surface area contributed by atoms with Crippen LogP contribution in [0.2, 0.25) is 0 Å². The van der Waals surface area contributed by atoms with Gasteiger partial charge < -0.3 is 10.1 Å². The summed E-state index contributed by atoms with van der Waals surface area (Å²) in [6, 6.07) is 11.0. The van der Waals surface area contributed by atoms with E-state index >= 15 is 0 Å². The van der Waals surface area contributed by atoms with Gasteiger partial charge in [0, 0.05) is 11.0 Å². The van der Waals surface area contributed by atoms with Gasteiger partial charge >= 0.3 is 6.03 Å². The highest BCUT2D eigenvalue weighted by molar-refractivity contribution is 9.10. The summed E-state index contributed by atoms with van der Waals surface area (Å²) in [5.74, 6) is 0.0928. The van der Waals surface area contributed by atoms with E-state index in [-0.39, 0.29) is 0 Å². The van der Waals surface area contributed by atoms with E-state index < -0.39 is 18.0 Å². The SMILES string of the molecule is CCNC(=O)NC(=O)C(C)Oc1ccc2cc(Br)ccc2c1. The largest absolute Gasteiger partial charge is 0.481 e. The van der Waals surface area contributed by atoms with Crippen molar-refractivity contribution in [1.29, 1.82) is 0 Å². The van der Waals surface area contributed by atoms with Gasteiger partial charge in [0.15, 0.2) is 6.10 Å². The summed E-state index contributed by atoms with van der Waals surface area (Å²) in [6.07, 6.45) is -0.768. The Bertz CT molecular complexity index is 703. The topological polar surface area (TPSA) is 67.4 Å². The lowest BCUT2D eigenvalue weighted by Gasteiger charge is -2.14. The molecule has 6 heteroatoms. The van der Waals surface area contributed by atoms with Gasteiger partial charge in [-0.3, -0.25) is 10.1 Å². The van der Waals surface area contributed by atoms with Crippen LogP contribution in [0.5, 0.6) is 5.75 Å². The van der Waals surface area contributed by atoms with Gasteiger partial charge in [-0.2, -0.15) is 0 Å². The molecule has 5 nitrogen and oxygen atoms in total. The number of urea groups is 1. The molecule has 0 aliphatic rings. The molecule has 116 valence electrons. The standard InChI is InChI=1S/C16H17BrN2O3/c1-3-18-16(21)19-15(20)10(2)22-14-7-5-11-8-13(17)6-4-12(11)9-14/h4-10H,3H2,1-2H3,(H2,18,19,20,21). The van der Waals surface area contributed by atoms with Crippen LogP contribution in [0.25, 0.3) is 10.8 Å². The lowest BCUT2D eigenvalue weighted by Crippen LogP contribution is -2.45. The zero-order valence-corrected chi connectivity index (χ0v) is 13.9. The first kappa shape index (κ1) is 16.3. The van der Waals surface area contributed by atoms with Crippen LogP contribution >= 0.6 is 15.9 Å². The highest BCUT2D eigenvalue weighted by Gasteiger charge is 2.17. The van der Waals surface area contributed by atoms with Crippen LogP contribution in [0.3, 0.4) is 0 Å². The van der Waals surface area contributed by atoms with Crippen LogP contribution in [0.15, 0.2) is 40.9 Å². The molecule has 0 saturated heterocycles. The molecule has 3 amide bonds. The van der Waals surface area contributed by atoms with Gasteiger partial charge in [0.05, 0.1) is 0 Å². The normalized spacial score (nSPS) is 11.8. The van der Waals surface area contributed by atoms with E-state index in [0.29, 0.717) is 12.3 Å². The summed E-state index contributed by atoms with van der Waals surface area (Å²) >= 11 is 3.42. The first-order chi connectivity index (χ1) is 10.5. The molecule has 0 aliphatic carbocycles. The van der Waals surface area contributed by atoms with Crippen LogP contribution in [0.1, 0.15) is 13.8 Å². The van der Waals surface area contributed by atoms with Gasteiger partial charge in [0.25, 0.3) is 5.91 Å². The fourth-order valence-corrected chi connectivity index (χ4v) is 2.32. The summed E-state index contributed by atoms with van der Waals surface area (Å²) in [5.41, 5.74) is 0. The zero-order valence-electron chi connectivity index (χ0n) is 12.4. The third-order valence-electron chi connectivity index (χ3n) is 3.03. The molecule has 1 unspecified atom stereocenters. The van der Waals surface area contributed by atoms with Crippen LogP contribution in [0, 0.1) is 0 Å². The second-order valence-corrected chi connectivity index (χ2v) is 5.68. The number of carbonyl (C=O) groups is 2. The average Bonchev–Trinajstić information content (AvgIpc) is 2.47. The predicted octanol–water partition coefficient (Wildman–Crippen LogP) is 3.22. The molecule has 0 heterocycles. The Labute approximate surface area is 137 Å². The van der Waals surface area contributed by atoms with Crippen LogP contribution < -0.4 is 15.4 Å². The minimum absolute atomic E-state index is 0.453. The van der Waals surface area contributed by atoms with Crippen molar-refractivity contribution in [3.05, 3.63) is 40.9 Å². The number of benzene rings is 2. The summed E-state index contributed by atoms with van der Waals surface area (Å²) in [6.45, 7) is 3.83. The minimum Gasteiger partial charge on any atom is -0.481 e. The number of hydrogen-bond donors (Lipinski definition) is 2. The quantitative estimate of drug-likeness (QED) is 0.874. The van der Waals surface area contributed by atoms with Gasteiger partial charge in [-0.15, -0.1) is 0 Å². The highest BCUT2D eigenvalue weighted by atomic mass is 79.9. The molecular formula is C16H17BrN2O3. The van der Waals surface area contributed by atoms with E-state index in [0.717, 1.165) is 15.2 Å². The van der Waals surface area contributed by atoms with Crippen molar-refractivity contribution in [3.8, 4) is 5.75 Å². The number of rotatable bonds is 4. The Hall–Kier alpha value is -2.08. The zero-order chi connectivity index (χ0) is 16.1. The number of fused-ring (bicyclic) bond motifs is 1. The minimum atomic E-state index is -0.768. The van der Waals surface area contributed by atoms with Gasteiger partial charge in [-0.1, -0.05) is 28.1 Å². The van der Waals surface area contributed by atoms with Gasteiger partial charge in [-0.25, -0.2) is 4.79 Å². The van der Waals surface area contributed by atoms with Crippen LogP contribution in [-0.2, 0) is 4.79 Å². The number of ether oxygens (including phenoxy) is 1. The van der Waals surface area contributed by atoms with E-state index in [1.165, 1.54) is 0 Å². The highest BCUT2D eigenvalue weighted by Crippen LogP contribution is 2.24. The molecule has 2 aromatic rings. The number of imide groups is 1. The van der Waals surface area contributed by atoms with E-state index in [2.05, 4.69) is 26.6 Å². The number of hydrogen-bond acceptors (Lipinski definition) is 3. The Balaban J connectivity index is 2.05. The summed E-state index contributed by atoms with van der Waals surface area (Å²) < 4.78 is 6.59. The first-order valence-electron chi connectivity index (χ1n) is 6.94. The van der Waals surface area contributed by atoms with Gasteiger partial charge in [0.1, 0.15) is 5.75 Å². The fourth-order valence-electron chi connectivity index (χ4n) is 1.94. The first-order valence-corrected chi connectivity index (χ1v) is 7.73. The molecule has 0 radical (unpaired) electrons. The number of nitrogens with one attached hydrogen (secondary N) is 2. The Morgan fingerprint density at radius 1 is 1.18 bits per heavy atom. The molecule has 0 fully saturated rings. The average molecular weight is 365 g/mol. The molecule has 0 aromatic heterocycles. The number of halogens is 1. The fraction of sp³-hybridized carbons (Fsp3) is 0.250. The molecule has 0 spiro atoms. The van der Waals surface area contributed by atoms with Crippen molar-refractivity contribution in [2.75, 3.05) is 6.54 Å². The summed E-state index contributed by atoms with van der Waals surface area (Å²) in [4.78, 5) is 23.2. The predicted molar refractivity (Wildman–Crippen MR) is 89.0 cm³/mol. The lowest BCUT2D eigenvalue weighted by molar-refractivity contribution is -0.126. The van der Waals surface area contributed by atoms with Crippen molar-refractivity contribution in [3.63, 3.8) is 0 Å². The third-order valence-corrected chi connectivity index (χ3v) is 3.52. The Morgan fingerprint density at radius 2 is 1.86 bits per heavy atom. The summed E-state index contributed by atoms with van der Waals surface area (Å²) in [5, 5.41) is 6.80. The number of carbonyl (C=O) groups excluding carboxylic acids is 2. The molecule has 2 aromatic carbocycles. The molecule has 2 N–H and O–H groups in total. The molecular weight excluding hydrogens is 348 g/mol. The molecule has 22 heavy (non-hydrogen) atoms. The van der Waals surface area contributed by atoms with E-state index in [4.69, 9.17) is 4.74 Å². The summed E-state index contributed by atoms with van der Waals surface area (Å²) in [7, 11) is 0. The smallest absolute Gasteiger partial charge is 0.321 e. The lowest BCUT2D eigenvalue weighted by atomic mass is 10.1. The Morgan fingerprint density at radius 3 is 2.59 bits per heavy atom. The molecule has 0 aliphatic heterocycles. The Kier molecular flexibility index (Phi) is 5.38. The van der Waals surface area contributed by atoms with Crippen LogP contribution in [0.4, 0.5) is 4.79 Å². The monoisotopic (exact) mass is 364 g/mol. The van der Waals surface area contributed by atoms with E-state index in [1.807, 2.05) is 30.3 Å². The maximum absolute atomic E-state index is 11.8. The maximum Gasteiger partial charge on any atom is 0.321 e. The van der Waals surface area contributed by atoms with Crippen molar-refractivity contribution in [2.24, 2.45) is 0 Å². The molecule has 0 bridgehead atoms. The maximum atomic E-state index is 11.8. The second-order valence-electron chi connectivity index (χ2n) is 4.76. The van der Waals surface area contributed by atoms with Crippen LogP contribution in [-0.4, -0.2) is 24.6 Å². The third kappa shape index (κ3) is 4.21. The molecule has 1 atom stereocenters. The van der Waals surface area contributed by atoms with Gasteiger partial charge in [-0.05, 0) is 48.9 Å².